The van der Waals surface area contributed by atoms with E-state index in [0.717, 1.165) is 5.56 Å². The summed E-state index contributed by atoms with van der Waals surface area (Å²) < 4.78 is 0. The zero-order valence-corrected chi connectivity index (χ0v) is 13.0. The largest absolute Gasteiger partial charge is 2.00 e. The number of carbonyl (C=O) groups is 1. The van der Waals surface area contributed by atoms with Gasteiger partial charge in [-0.1, -0.05) is 18.2 Å². The Labute approximate surface area is 140 Å². The number of phenols is 1. The first-order chi connectivity index (χ1) is 10.3. The van der Waals surface area contributed by atoms with E-state index in [0.29, 0.717) is 5.56 Å². The van der Waals surface area contributed by atoms with Gasteiger partial charge in [0.1, 0.15) is 5.75 Å². The number of hydrogen-bond donors (Lipinski definition) is 1. The SMILES string of the molecule is O=C(/C=C/c1ccc[cH-]1)c1ccccc1O.[Fe+2].c1cc[cH-]c1. The van der Waals surface area contributed by atoms with Crippen LogP contribution in [0, 0.1) is 0 Å². The quantitative estimate of drug-likeness (QED) is 0.334. The van der Waals surface area contributed by atoms with Crippen LogP contribution in [0.4, 0.5) is 0 Å². The van der Waals surface area contributed by atoms with Crippen LogP contribution in [0.2, 0.25) is 0 Å². The van der Waals surface area contributed by atoms with Crippen LogP contribution in [-0.4, -0.2) is 10.9 Å². The fourth-order valence-electron chi connectivity index (χ4n) is 1.76. The smallest absolute Gasteiger partial charge is 0.507 e. The summed E-state index contributed by atoms with van der Waals surface area (Å²) in [7, 11) is 0. The van der Waals surface area contributed by atoms with E-state index in [1.807, 2.05) is 54.6 Å². The Morgan fingerprint density at radius 2 is 1.68 bits per heavy atom. The van der Waals surface area contributed by atoms with Crippen LogP contribution in [0.1, 0.15) is 15.9 Å². The molecule has 0 bridgehead atoms. The molecule has 3 rings (SSSR count). The monoisotopic (exact) mass is 332 g/mol. The molecule has 0 saturated heterocycles. The van der Waals surface area contributed by atoms with E-state index in [9.17, 15) is 9.90 Å². The van der Waals surface area contributed by atoms with Gasteiger partial charge in [-0.3, -0.25) is 4.79 Å². The molecule has 3 aromatic rings. The van der Waals surface area contributed by atoms with Gasteiger partial charge in [-0.15, -0.1) is 12.1 Å². The molecule has 0 saturated carbocycles. The maximum atomic E-state index is 11.7. The van der Waals surface area contributed by atoms with Gasteiger partial charge in [-0.05, 0) is 12.1 Å². The Bertz CT molecular complexity index is 663. The predicted molar refractivity (Wildman–Crippen MR) is 85.5 cm³/mol. The van der Waals surface area contributed by atoms with Gasteiger partial charge in [0, 0.05) is 0 Å². The average molecular weight is 332 g/mol. The molecule has 112 valence electrons. The van der Waals surface area contributed by atoms with Crippen molar-refractivity contribution in [1.29, 1.82) is 0 Å². The maximum absolute atomic E-state index is 11.7. The molecule has 0 unspecified atom stereocenters. The first-order valence-corrected chi connectivity index (χ1v) is 6.66. The van der Waals surface area contributed by atoms with Crippen LogP contribution in [-0.2, 0) is 17.1 Å². The molecule has 0 fully saturated rings. The van der Waals surface area contributed by atoms with Gasteiger partial charge in [0.05, 0.1) is 5.56 Å². The summed E-state index contributed by atoms with van der Waals surface area (Å²) in [5.41, 5.74) is 1.30. The van der Waals surface area contributed by atoms with E-state index in [4.69, 9.17) is 0 Å². The van der Waals surface area contributed by atoms with E-state index in [1.165, 1.54) is 12.1 Å². The van der Waals surface area contributed by atoms with Crippen molar-refractivity contribution < 1.29 is 27.0 Å². The van der Waals surface area contributed by atoms with Crippen molar-refractivity contribution in [2.75, 3.05) is 0 Å². The standard InChI is InChI=1S/C14H11O2.C5H5.Fe/c15-13-8-4-3-7-12(13)14(16)10-9-11-5-1-2-6-11;1-2-4-5-3-1;/h1-10,15H;1-5H;/q2*-1;+2/b10-9+;;. The van der Waals surface area contributed by atoms with Crippen molar-refractivity contribution in [2.24, 2.45) is 0 Å². The van der Waals surface area contributed by atoms with Crippen LogP contribution in [0.5, 0.6) is 5.75 Å². The normalized spacial score (nSPS) is 9.64. The topological polar surface area (TPSA) is 37.3 Å². The van der Waals surface area contributed by atoms with E-state index >= 15 is 0 Å². The van der Waals surface area contributed by atoms with E-state index in [2.05, 4.69) is 0 Å². The van der Waals surface area contributed by atoms with Crippen LogP contribution in [0.3, 0.4) is 0 Å². The summed E-state index contributed by atoms with van der Waals surface area (Å²) >= 11 is 0. The first kappa shape index (κ1) is 17.7. The second kappa shape index (κ2) is 9.56. The Kier molecular flexibility index (Phi) is 7.69. The summed E-state index contributed by atoms with van der Waals surface area (Å²) in [5.74, 6) is -0.182. The summed E-state index contributed by atoms with van der Waals surface area (Å²) in [4.78, 5) is 11.7. The van der Waals surface area contributed by atoms with E-state index in [-0.39, 0.29) is 28.6 Å². The molecule has 0 atom stereocenters. The minimum absolute atomic E-state index is 0. The van der Waals surface area contributed by atoms with E-state index in [1.54, 1.807) is 24.3 Å². The van der Waals surface area contributed by atoms with Gasteiger partial charge in [-0.2, -0.15) is 42.0 Å². The minimum atomic E-state index is -0.195. The Balaban J connectivity index is 0.000000344. The molecule has 3 heteroatoms. The molecule has 0 aliphatic carbocycles. The minimum Gasteiger partial charge on any atom is -0.507 e. The fourth-order valence-corrected chi connectivity index (χ4v) is 1.76. The second-order valence-electron chi connectivity index (χ2n) is 4.40. The van der Waals surface area contributed by atoms with Gasteiger partial charge < -0.3 is 5.11 Å². The summed E-state index contributed by atoms with van der Waals surface area (Å²) in [5, 5.41) is 9.48. The van der Waals surface area contributed by atoms with Crippen molar-refractivity contribution in [1.82, 2.24) is 0 Å². The Morgan fingerprint density at radius 3 is 2.23 bits per heavy atom. The number of para-hydroxylation sites is 1. The molecule has 2 nitrogen and oxygen atoms in total. The number of carbonyl (C=O) groups excluding carboxylic acids is 1. The Hall–Kier alpha value is -2.35. The third-order valence-corrected chi connectivity index (χ3v) is 2.84. The van der Waals surface area contributed by atoms with Crippen LogP contribution in [0.15, 0.2) is 84.9 Å². The van der Waals surface area contributed by atoms with Crippen molar-refractivity contribution >= 4 is 11.9 Å². The zero-order chi connectivity index (χ0) is 14.9. The third-order valence-electron chi connectivity index (χ3n) is 2.84. The Morgan fingerprint density at radius 1 is 0.955 bits per heavy atom. The van der Waals surface area contributed by atoms with Gasteiger partial charge in [0.25, 0.3) is 0 Å². The first-order valence-electron chi connectivity index (χ1n) is 6.66. The third kappa shape index (κ3) is 5.57. The predicted octanol–water partition coefficient (Wildman–Crippen LogP) is 4.41. The number of hydrogen-bond acceptors (Lipinski definition) is 2. The average Bonchev–Trinajstić information content (AvgIpc) is 3.21. The van der Waals surface area contributed by atoms with Gasteiger partial charge in [-0.25, -0.2) is 12.1 Å². The molecule has 0 heterocycles. The number of ketones is 1. The molecule has 0 spiro atoms. The molecule has 0 radical (unpaired) electrons. The number of rotatable bonds is 3. The number of phenolic OH excluding ortho intramolecular Hbond substituents is 1. The van der Waals surface area contributed by atoms with Crippen molar-refractivity contribution in [3.8, 4) is 5.75 Å². The summed E-state index contributed by atoms with van der Waals surface area (Å²) in [6.07, 6.45) is 3.19. The maximum Gasteiger partial charge on any atom is 2.00 e. The summed E-state index contributed by atoms with van der Waals surface area (Å²) in [6.45, 7) is 0. The number of aromatic hydroxyl groups is 1. The summed E-state index contributed by atoms with van der Waals surface area (Å²) in [6, 6.07) is 24.2. The van der Waals surface area contributed by atoms with Gasteiger partial charge in [0.2, 0.25) is 0 Å². The molecule has 3 aromatic carbocycles. The van der Waals surface area contributed by atoms with Gasteiger partial charge >= 0.3 is 17.1 Å². The van der Waals surface area contributed by atoms with Gasteiger partial charge in [0.15, 0.2) is 5.78 Å². The van der Waals surface area contributed by atoms with Crippen LogP contribution in [0.25, 0.3) is 6.08 Å². The van der Waals surface area contributed by atoms with Crippen molar-refractivity contribution in [3.05, 3.63) is 96.1 Å². The molecule has 0 aliphatic heterocycles. The number of allylic oxidation sites excluding steroid dienone is 1. The molecular formula is C19H16FeO2. The van der Waals surface area contributed by atoms with Crippen molar-refractivity contribution in [2.45, 2.75) is 0 Å². The molecule has 1 N–H and O–H groups in total. The molecular weight excluding hydrogens is 316 g/mol. The second-order valence-corrected chi connectivity index (χ2v) is 4.40. The van der Waals surface area contributed by atoms with Crippen LogP contribution < -0.4 is 0 Å². The molecule has 22 heavy (non-hydrogen) atoms. The molecule has 0 amide bonds. The zero-order valence-electron chi connectivity index (χ0n) is 11.9. The van der Waals surface area contributed by atoms with Crippen molar-refractivity contribution in [3.63, 3.8) is 0 Å². The van der Waals surface area contributed by atoms with Crippen LogP contribution >= 0.6 is 0 Å². The fraction of sp³-hybridized carbons (Fsp3) is 0. The number of benzene rings is 1. The molecule has 0 aromatic heterocycles. The van der Waals surface area contributed by atoms with E-state index < -0.39 is 0 Å². The molecule has 0 aliphatic rings.